The van der Waals surface area contributed by atoms with Gasteiger partial charge in [-0.1, -0.05) is 86.9 Å². The topological polar surface area (TPSA) is 3.88 Å². The second-order valence-corrected chi connectivity index (χ2v) is 12.7. The number of hydrogen-bond donors (Lipinski definition) is 0. The number of allylic oxidation sites excluding steroid dienone is 2. The van der Waals surface area contributed by atoms with Crippen molar-refractivity contribution >= 4 is 11.1 Å². The van der Waals surface area contributed by atoms with Gasteiger partial charge in [-0.25, -0.2) is 0 Å². The minimum atomic E-state index is -0.0128. The van der Waals surface area contributed by atoms with E-state index in [1.165, 1.54) is 47.2 Å². The first-order valence-corrected chi connectivity index (χ1v) is 13.9. The van der Waals surface area contributed by atoms with Gasteiger partial charge >= 0.3 is 0 Å². The van der Waals surface area contributed by atoms with E-state index in [2.05, 4.69) is 110 Å². The third-order valence-corrected chi connectivity index (χ3v) is 9.71. The van der Waals surface area contributed by atoms with Gasteiger partial charge in [0.2, 0.25) is 5.69 Å². The molecular formula is C33H48N+. The molecule has 0 saturated heterocycles. The summed E-state index contributed by atoms with van der Waals surface area (Å²) in [6.07, 6.45) is 9.56. The van der Waals surface area contributed by atoms with Crippen LogP contribution >= 0.6 is 0 Å². The number of nitrogens with zero attached hydrogens (tertiary/aromatic N) is 1. The minimum Gasteiger partial charge on any atom is -0.192 e. The number of fused-ring (bicyclic) bond motifs is 4. The van der Waals surface area contributed by atoms with Crippen molar-refractivity contribution in [2.75, 3.05) is 0 Å². The highest BCUT2D eigenvalue weighted by Crippen LogP contribution is 2.64. The third kappa shape index (κ3) is 3.29. The van der Waals surface area contributed by atoms with E-state index in [1.54, 1.807) is 11.1 Å². The Bertz CT molecular complexity index is 1120. The Morgan fingerprint density at radius 3 is 2.06 bits per heavy atom. The zero-order valence-electron chi connectivity index (χ0n) is 23.7. The van der Waals surface area contributed by atoms with Crippen molar-refractivity contribution in [1.82, 2.24) is 0 Å². The maximum absolute atomic E-state index is 2.71. The number of unbranched alkanes of at least 4 members (excludes halogenated alkanes) is 1. The Hall–Kier alpha value is -1.89. The van der Waals surface area contributed by atoms with Gasteiger partial charge in [-0.15, -0.1) is 0 Å². The smallest absolute Gasteiger partial charge is 0.192 e. The Morgan fingerprint density at radius 2 is 1.50 bits per heavy atom. The number of hydrogen-bond acceptors (Lipinski definition) is 0. The maximum Gasteiger partial charge on any atom is 0.210 e. The molecule has 1 nitrogen and oxygen atoms in total. The zero-order chi connectivity index (χ0) is 25.1. The molecule has 1 aliphatic carbocycles. The molecule has 0 radical (unpaired) electrons. The first-order valence-electron chi connectivity index (χ1n) is 13.9. The molecule has 2 aromatic rings. The molecule has 1 atom stereocenters. The lowest BCUT2D eigenvalue weighted by molar-refractivity contribution is -0.782. The van der Waals surface area contributed by atoms with E-state index in [0.717, 1.165) is 19.3 Å². The number of aryl methyl sites for hydroxylation is 1. The lowest BCUT2D eigenvalue weighted by Gasteiger charge is -2.48. The third-order valence-electron chi connectivity index (χ3n) is 9.71. The average molecular weight is 459 g/mol. The van der Waals surface area contributed by atoms with Crippen LogP contribution in [0.4, 0.5) is 0 Å². The number of benzene rings is 1. The summed E-state index contributed by atoms with van der Waals surface area (Å²) >= 11 is 0. The molecule has 0 saturated carbocycles. The van der Waals surface area contributed by atoms with Crippen LogP contribution in [0.5, 0.6) is 0 Å². The Labute approximate surface area is 209 Å². The minimum absolute atomic E-state index is 0.0128. The van der Waals surface area contributed by atoms with E-state index < -0.39 is 0 Å². The molecule has 0 spiro atoms. The molecule has 0 bridgehead atoms. The van der Waals surface area contributed by atoms with E-state index >= 15 is 0 Å². The molecule has 1 unspecified atom stereocenters. The largest absolute Gasteiger partial charge is 0.210 e. The molecule has 0 N–H and O–H groups in total. The molecule has 0 amide bonds. The lowest BCUT2D eigenvalue weighted by Crippen LogP contribution is -2.68. The van der Waals surface area contributed by atoms with Crippen LogP contribution in [0.2, 0.25) is 0 Å². The standard InChI is InChI=1S/C33H48N/c1-11-15-16-23-19-20-34-27(21-23)29-28(32(10,12-2)33(34,13-3)14-4)25-18-17-24(30(5,6)7)22-26(25)31(29,8)9/h17-22H,11-16H2,1-10H3/q+1. The van der Waals surface area contributed by atoms with Crippen molar-refractivity contribution in [3.63, 3.8) is 0 Å². The van der Waals surface area contributed by atoms with E-state index in [4.69, 9.17) is 0 Å². The molecule has 1 heteroatoms. The summed E-state index contributed by atoms with van der Waals surface area (Å²) in [5.74, 6) is 0. The molecule has 184 valence electrons. The second-order valence-electron chi connectivity index (χ2n) is 12.7. The summed E-state index contributed by atoms with van der Waals surface area (Å²) < 4.78 is 2.71. The number of rotatable bonds is 6. The average Bonchev–Trinajstić information content (AvgIpc) is 3.05. The fraction of sp³-hybridized carbons (Fsp3) is 0.606. The number of pyridine rings is 1. The van der Waals surface area contributed by atoms with Crippen LogP contribution in [-0.2, 0) is 22.8 Å². The van der Waals surface area contributed by atoms with Gasteiger partial charge in [0.1, 0.15) is 0 Å². The molecule has 1 aromatic heterocycles. The van der Waals surface area contributed by atoms with Gasteiger partial charge < -0.3 is 0 Å². The molecule has 34 heavy (non-hydrogen) atoms. The predicted molar refractivity (Wildman–Crippen MR) is 147 cm³/mol. The first-order chi connectivity index (χ1) is 15.9. The van der Waals surface area contributed by atoms with Crippen LogP contribution in [0.1, 0.15) is 129 Å². The molecular weight excluding hydrogens is 410 g/mol. The second kappa shape index (κ2) is 8.35. The molecule has 1 aliphatic heterocycles. The fourth-order valence-corrected chi connectivity index (χ4v) is 7.37. The van der Waals surface area contributed by atoms with Crippen LogP contribution < -0.4 is 4.57 Å². The zero-order valence-corrected chi connectivity index (χ0v) is 23.7. The fourth-order valence-electron chi connectivity index (χ4n) is 7.37. The summed E-state index contributed by atoms with van der Waals surface area (Å²) in [4.78, 5) is 0. The molecule has 2 aliphatic rings. The van der Waals surface area contributed by atoms with Crippen LogP contribution in [0.15, 0.2) is 36.5 Å². The van der Waals surface area contributed by atoms with Crippen LogP contribution in [-0.4, -0.2) is 0 Å². The van der Waals surface area contributed by atoms with Crippen molar-refractivity contribution in [3.05, 3.63) is 64.5 Å². The van der Waals surface area contributed by atoms with E-state index in [0.29, 0.717) is 0 Å². The van der Waals surface area contributed by atoms with Gasteiger partial charge in [0.25, 0.3) is 0 Å². The van der Waals surface area contributed by atoms with Gasteiger partial charge in [0.05, 0.1) is 5.41 Å². The summed E-state index contributed by atoms with van der Waals surface area (Å²) in [6.45, 7) is 24.1. The summed E-state index contributed by atoms with van der Waals surface area (Å²) in [5, 5.41) is 0. The van der Waals surface area contributed by atoms with Crippen LogP contribution in [0.3, 0.4) is 0 Å². The Balaban J connectivity index is 2.09. The Morgan fingerprint density at radius 1 is 0.824 bits per heavy atom. The van der Waals surface area contributed by atoms with E-state index in [1.807, 2.05) is 0 Å². The lowest BCUT2D eigenvalue weighted by atomic mass is 9.57. The van der Waals surface area contributed by atoms with Crippen molar-refractivity contribution < 1.29 is 4.57 Å². The normalized spacial score (nSPS) is 22.4. The highest BCUT2D eigenvalue weighted by molar-refractivity contribution is 6.03. The van der Waals surface area contributed by atoms with Crippen molar-refractivity contribution in [3.8, 4) is 0 Å². The SMILES string of the molecule is CCCCc1cc[n+]2c(c1)C1=C(c3ccc(C(C)(C)C)cc3C1(C)C)C(C)(CC)C2(CC)CC. The van der Waals surface area contributed by atoms with Crippen LogP contribution in [0, 0.1) is 5.41 Å². The monoisotopic (exact) mass is 458 g/mol. The van der Waals surface area contributed by atoms with Gasteiger partial charge in [0.15, 0.2) is 11.7 Å². The summed E-state index contributed by atoms with van der Waals surface area (Å²) in [7, 11) is 0. The van der Waals surface area contributed by atoms with Gasteiger partial charge in [-0.05, 0) is 59.4 Å². The molecule has 0 fully saturated rings. The highest BCUT2D eigenvalue weighted by atomic mass is 15.1. The van der Waals surface area contributed by atoms with Crippen LogP contribution in [0.25, 0.3) is 11.1 Å². The quantitative estimate of drug-likeness (QED) is 0.381. The molecule has 1 aromatic carbocycles. The van der Waals surface area contributed by atoms with Crippen molar-refractivity contribution in [2.24, 2.45) is 5.41 Å². The van der Waals surface area contributed by atoms with Crippen molar-refractivity contribution in [2.45, 2.75) is 124 Å². The van der Waals surface area contributed by atoms with Crippen molar-refractivity contribution in [1.29, 1.82) is 0 Å². The number of aromatic nitrogens is 1. The predicted octanol–water partition coefficient (Wildman–Crippen LogP) is 8.76. The first kappa shape index (κ1) is 25.2. The summed E-state index contributed by atoms with van der Waals surface area (Å²) in [6, 6.07) is 12.4. The van der Waals surface area contributed by atoms with Gasteiger partial charge in [0, 0.05) is 36.0 Å². The summed E-state index contributed by atoms with van der Waals surface area (Å²) in [5.41, 5.74) is 11.0. The maximum atomic E-state index is 2.71. The highest BCUT2D eigenvalue weighted by Gasteiger charge is 2.63. The Kier molecular flexibility index (Phi) is 6.19. The van der Waals surface area contributed by atoms with Gasteiger partial charge in [-0.2, -0.15) is 4.57 Å². The molecule has 4 rings (SSSR count). The molecule has 2 heterocycles. The van der Waals surface area contributed by atoms with Gasteiger partial charge in [-0.3, -0.25) is 0 Å². The van der Waals surface area contributed by atoms with E-state index in [-0.39, 0.29) is 21.8 Å². The van der Waals surface area contributed by atoms with E-state index in [9.17, 15) is 0 Å².